The molecule has 2 atom stereocenters. The predicted octanol–water partition coefficient (Wildman–Crippen LogP) is 2.96. The molecule has 0 spiro atoms. The molecule has 1 heteroatoms. The Balaban J connectivity index is 2.21. The highest BCUT2D eigenvalue weighted by Crippen LogP contribution is 2.65. The molecule has 72 valence electrons. The van der Waals surface area contributed by atoms with Crippen LogP contribution in [0.3, 0.4) is 0 Å². The van der Waals surface area contributed by atoms with Crippen molar-refractivity contribution in [3.63, 3.8) is 0 Å². The van der Waals surface area contributed by atoms with Gasteiger partial charge in [0.05, 0.1) is 0 Å². The van der Waals surface area contributed by atoms with Crippen molar-refractivity contribution in [3.8, 4) is 0 Å². The largest absolute Gasteiger partial charge is 0.295 e. The monoisotopic (exact) mass is 178 g/mol. The SMILES string of the molecule is CC(=O)C1=C(C)C[C@H]2[C@@H](C1)C2(C)C. The summed E-state index contributed by atoms with van der Waals surface area (Å²) in [5.41, 5.74) is 2.96. The van der Waals surface area contributed by atoms with Crippen molar-refractivity contribution in [3.05, 3.63) is 11.1 Å². The van der Waals surface area contributed by atoms with Crippen LogP contribution in [0.5, 0.6) is 0 Å². The molecule has 0 aromatic carbocycles. The third-order valence-corrected chi connectivity index (χ3v) is 4.18. The first-order valence-electron chi connectivity index (χ1n) is 5.14. The molecule has 0 unspecified atom stereocenters. The molecular formula is C12H18O. The molecule has 0 amide bonds. The van der Waals surface area contributed by atoms with Crippen molar-refractivity contribution in [1.29, 1.82) is 0 Å². The summed E-state index contributed by atoms with van der Waals surface area (Å²) in [6.45, 7) is 8.49. The summed E-state index contributed by atoms with van der Waals surface area (Å²) in [5.74, 6) is 1.93. The number of Topliss-reactive ketones (excluding diaryl/α,β-unsaturated/α-hetero) is 1. The molecule has 0 aromatic rings. The van der Waals surface area contributed by atoms with Gasteiger partial charge in [0.15, 0.2) is 5.78 Å². The topological polar surface area (TPSA) is 17.1 Å². The molecule has 2 rings (SSSR count). The number of fused-ring (bicyclic) bond motifs is 1. The number of carbonyl (C=O) groups excluding carboxylic acids is 1. The second-order valence-corrected chi connectivity index (χ2v) is 5.26. The number of hydrogen-bond donors (Lipinski definition) is 0. The van der Waals surface area contributed by atoms with E-state index < -0.39 is 0 Å². The van der Waals surface area contributed by atoms with E-state index in [2.05, 4.69) is 20.8 Å². The molecule has 1 nitrogen and oxygen atoms in total. The summed E-state index contributed by atoms with van der Waals surface area (Å²) in [7, 11) is 0. The zero-order valence-corrected chi connectivity index (χ0v) is 8.98. The fourth-order valence-electron chi connectivity index (χ4n) is 2.96. The van der Waals surface area contributed by atoms with E-state index in [1.165, 1.54) is 5.57 Å². The Morgan fingerprint density at radius 3 is 2.38 bits per heavy atom. The molecule has 13 heavy (non-hydrogen) atoms. The number of rotatable bonds is 1. The third kappa shape index (κ3) is 1.17. The standard InChI is InChI=1S/C12H18O/c1-7-5-10-11(12(10,3)4)6-9(7)8(2)13/h10-11H,5-6H2,1-4H3/t10-,11+/m0/s1. The van der Waals surface area contributed by atoms with Crippen LogP contribution in [0.25, 0.3) is 0 Å². The highest BCUT2D eigenvalue weighted by Gasteiger charge is 2.58. The lowest BCUT2D eigenvalue weighted by atomic mass is 9.91. The maximum absolute atomic E-state index is 11.3. The molecule has 0 aromatic heterocycles. The van der Waals surface area contributed by atoms with Gasteiger partial charge in [-0.15, -0.1) is 0 Å². The van der Waals surface area contributed by atoms with E-state index in [0.29, 0.717) is 11.2 Å². The molecule has 0 aliphatic heterocycles. The average molecular weight is 178 g/mol. The van der Waals surface area contributed by atoms with Crippen LogP contribution in [0.4, 0.5) is 0 Å². The maximum Gasteiger partial charge on any atom is 0.155 e. The van der Waals surface area contributed by atoms with Gasteiger partial charge >= 0.3 is 0 Å². The van der Waals surface area contributed by atoms with E-state index in [1.54, 1.807) is 6.92 Å². The molecule has 0 heterocycles. The van der Waals surface area contributed by atoms with Crippen LogP contribution >= 0.6 is 0 Å². The van der Waals surface area contributed by atoms with E-state index in [-0.39, 0.29) is 0 Å². The van der Waals surface area contributed by atoms with E-state index in [1.807, 2.05) is 0 Å². The van der Waals surface area contributed by atoms with Crippen LogP contribution in [-0.4, -0.2) is 5.78 Å². The molecule has 2 aliphatic carbocycles. The summed E-state index contributed by atoms with van der Waals surface area (Å²) < 4.78 is 0. The van der Waals surface area contributed by atoms with Crippen molar-refractivity contribution >= 4 is 5.78 Å². The Kier molecular flexibility index (Phi) is 1.70. The third-order valence-electron chi connectivity index (χ3n) is 4.18. The highest BCUT2D eigenvalue weighted by atomic mass is 16.1. The Morgan fingerprint density at radius 2 is 1.85 bits per heavy atom. The summed E-state index contributed by atoms with van der Waals surface area (Å²) in [4.78, 5) is 11.3. The van der Waals surface area contributed by atoms with Gasteiger partial charge in [0.25, 0.3) is 0 Å². The van der Waals surface area contributed by atoms with Crippen LogP contribution in [0.2, 0.25) is 0 Å². The molecule has 0 saturated heterocycles. The number of carbonyl (C=O) groups is 1. The zero-order chi connectivity index (χ0) is 9.80. The summed E-state index contributed by atoms with van der Waals surface area (Å²) in [6, 6.07) is 0. The molecule has 1 saturated carbocycles. The summed E-state index contributed by atoms with van der Waals surface area (Å²) >= 11 is 0. The van der Waals surface area contributed by atoms with Gasteiger partial charge in [0.1, 0.15) is 0 Å². The second-order valence-electron chi connectivity index (χ2n) is 5.26. The first-order chi connectivity index (χ1) is 5.94. The van der Waals surface area contributed by atoms with Crippen LogP contribution in [0, 0.1) is 17.3 Å². The van der Waals surface area contributed by atoms with Gasteiger partial charge in [-0.25, -0.2) is 0 Å². The minimum Gasteiger partial charge on any atom is -0.295 e. The van der Waals surface area contributed by atoms with E-state index >= 15 is 0 Å². The fraction of sp³-hybridized carbons (Fsp3) is 0.750. The van der Waals surface area contributed by atoms with Gasteiger partial charge in [0.2, 0.25) is 0 Å². The minimum absolute atomic E-state index is 0.290. The van der Waals surface area contributed by atoms with Gasteiger partial charge in [0, 0.05) is 0 Å². The second kappa shape index (κ2) is 2.46. The van der Waals surface area contributed by atoms with E-state index in [9.17, 15) is 4.79 Å². The van der Waals surface area contributed by atoms with Crippen LogP contribution in [-0.2, 0) is 4.79 Å². The highest BCUT2D eigenvalue weighted by molar-refractivity contribution is 5.94. The lowest BCUT2D eigenvalue weighted by Crippen LogP contribution is -2.07. The average Bonchev–Trinajstić information content (AvgIpc) is 2.52. The number of allylic oxidation sites excluding steroid dienone is 2. The molecule has 1 fully saturated rings. The van der Waals surface area contributed by atoms with E-state index in [0.717, 1.165) is 30.3 Å². The lowest BCUT2D eigenvalue weighted by molar-refractivity contribution is -0.113. The maximum atomic E-state index is 11.3. The fourth-order valence-corrected chi connectivity index (χ4v) is 2.96. The van der Waals surface area contributed by atoms with E-state index in [4.69, 9.17) is 0 Å². The predicted molar refractivity (Wildman–Crippen MR) is 53.4 cm³/mol. The molecule has 0 bridgehead atoms. The van der Waals surface area contributed by atoms with Crippen LogP contribution in [0.1, 0.15) is 40.5 Å². The van der Waals surface area contributed by atoms with Crippen LogP contribution in [0.15, 0.2) is 11.1 Å². The minimum atomic E-state index is 0.290. The first-order valence-corrected chi connectivity index (χ1v) is 5.14. The first kappa shape index (κ1) is 8.98. The van der Waals surface area contributed by atoms with Gasteiger partial charge < -0.3 is 0 Å². The zero-order valence-electron chi connectivity index (χ0n) is 8.98. The van der Waals surface area contributed by atoms with Crippen molar-refractivity contribution in [1.82, 2.24) is 0 Å². The van der Waals surface area contributed by atoms with Gasteiger partial charge in [-0.3, -0.25) is 4.79 Å². The Labute approximate surface area is 80.2 Å². The lowest BCUT2D eigenvalue weighted by Gasteiger charge is -2.13. The summed E-state index contributed by atoms with van der Waals surface area (Å²) in [6.07, 6.45) is 2.20. The Hall–Kier alpha value is -0.590. The van der Waals surface area contributed by atoms with Crippen molar-refractivity contribution in [2.24, 2.45) is 17.3 Å². The Morgan fingerprint density at radius 1 is 1.31 bits per heavy atom. The van der Waals surface area contributed by atoms with Crippen molar-refractivity contribution < 1.29 is 4.79 Å². The quantitative estimate of drug-likeness (QED) is 0.603. The molecular weight excluding hydrogens is 160 g/mol. The smallest absolute Gasteiger partial charge is 0.155 e. The molecule has 0 N–H and O–H groups in total. The van der Waals surface area contributed by atoms with Gasteiger partial charge in [-0.1, -0.05) is 19.4 Å². The number of hydrogen-bond acceptors (Lipinski definition) is 1. The molecule has 2 aliphatic rings. The van der Waals surface area contributed by atoms with Gasteiger partial charge in [-0.2, -0.15) is 0 Å². The summed E-state index contributed by atoms with van der Waals surface area (Å²) in [5, 5.41) is 0. The van der Waals surface area contributed by atoms with Gasteiger partial charge in [-0.05, 0) is 49.5 Å². The molecule has 0 radical (unpaired) electrons. The Bertz CT molecular complexity index is 296. The van der Waals surface area contributed by atoms with Crippen molar-refractivity contribution in [2.45, 2.75) is 40.5 Å². The normalized spacial score (nSPS) is 35.7. The van der Waals surface area contributed by atoms with Crippen LogP contribution < -0.4 is 0 Å². The number of ketones is 1. The van der Waals surface area contributed by atoms with Crippen molar-refractivity contribution in [2.75, 3.05) is 0 Å².